The van der Waals surface area contributed by atoms with E-state index in [-0.39, 0.29) is 5.92 Å². The van der Waals surface area contributed by atoms with Crippen LogP contribution in [0.4, 0.5) is 0 Å². The molecule has 0 N–H and O–H groups in total. The van der Waals surface area contributed by atoms with Gasteiger partial charge in [0.1, 0.15) is 5.78 Å². The van der Waals surface area contributed by atoms with Crippen LogP contribution in [0.1, 0.15) is 36.5 Å². The van der Waals surface area contributed by atoms with E-state index in [1.807, 2.05) is 0 Å². The van der Waals surface area contributed by atoms with Gasteiger partial charge in [-0.1, -0.05) is 30.7 Å². The van der Waals surface area contributed by atoms with Gasteiger partial charge >= 0.3 is 0 Å². The Morgan fingerprint density at radius 3 is 2.83 bits per heavy atom. The summed E-state index contributed by atoms with van der Waals surface area (Å²) < 4.78 is 0. The van der Waals surface area contributed by atoms with Crippen LogP contribution in [0.3, 0.4) is 0 Å². The Balaban J connectivity index is 2.05. The molecule has 98 valence electrons. The zero-order chi connectivity index (χ0) is 13.1. The van der Waals surface area contributed by atoms with Crippen LogP contribution in [0.15, 0.2) is 18.2 Å². The second-order valence-corrected chi connectivity index (χ2v) is 5.49. The quantitative estimate of drug-likeness (QED) is 0.815. The second-order valence-electron chi connectivity index (χ2n) is 5.49. The van der Waals surface area contributed by atoms with Crippen LogP contribution in [0.25, 0.3) is 0 Å². The fourth-order valence-corrected chi connectivity index (χ4v) is 2.69. The van der Waals surface area contributed by atoms with Crippen molar-refractivity contribution in [3.05, 3.63) is 34.9 Å². The molecule has 1 aromatic rings. The maximum Gasteiger partial charge on any atom is 0.138 e. The molecule has 18 heavy (non-hydrogen) atoms. The number of likely N-dealkylation sites (tertiary alicyclic amines) is 1. The van der Waals surface area contributed by atoms with Crippen molar-refractivity contribution >= 4 is 5.78 Å². The minimum atomic E-state index is 0.254. The van der Waals surface area contributed by atoms with Gasteiger partial charge < -0.3 is 0 Å². The van der Waals surface area contributed by atoms with Crippen molar-refractivity contribution in [2.45, 2.75) is 40.2 Å². The minimum Gasteiger partial charge on any atom is -0.299 e. The average molecular weight is 245 g/mol. The van der Waals surface area contributed by atoms with Crippen molar-refractivity contribution in [1.29, 1.82) is 0 Å². The molecule has 2 rings (SSSR count). The molecule has 1 fully saturated rings. The number of rotatable bonds is 3. The van der Waals surface area contributed by atoms with E-state index in [9.17, 15) is 4.79 Å². The van der Waals surface area contributed by atoms with Crippen molar-refractivity contribution in [3.8, 4) is 0 Å². The van der Waals surface area contributed by atoms with E-state index in [4.69, 9.17) is 0 Å². The zero-order valence-electron chi connectivity index (χ0n) is 11.7. The average Bonchev–Trinajstić information content (AvgIpc) is 2.36. The summed E-state index contributed by atoms with van der Waals surface area (Å²) in [4.78, 5) is 14.1. The number of benzene rings is 1. The van der Waals surface area contributed by atoms with Gasteiger partial charge in [-0.3, -0.25) is 9.69 Å². The molecular weight excluding hydrogens is 222 g/mol. The van der Waals surface area contributed by atoms with Crippen LogP contribution < -0.4 is 0 Å². The van der Waals surface area contributed by atoms with Crippen LogP contribution >= 0.6 is 0 Å². The first-order valence-corrected chi connectivity index (χ1v) is 6.91. The number of Topliss-reactive ketones (excluding diaryl/α,β-unsaturated/α-hetero) is 1. The molecule has 1 heterocycles. The van der Waals surface area contributed by atoms with Crippen molar-refractivity contribution in [2.24, 2.45) is 5.92 Å². The van der Waals surface area contributed by atoms with Gasteiger partial charge in [0, 0.05) is 32.0 Å². The molecule has 2 nitrogen and oxygen atoms in total. The van der Waals surface area contributed by atoms with Gasteiger partial charge in [-0.2, -0.15) is 0 Å². The largest absolute Gasteiger partial charge is 0.299 e. The Bertz CT molecular complexity index is 439. The van der Waals surface area contributed by atoms with E-state index in [1.165, 1.54) is 16.7 Å². The highest BCUT2D eigenvalue weighted by Crippen LogP contribution is 2.20. The SMILES string of the molecule is CCC1CN(Cc2cc(C)ccc2C)CCC1=O. The highest BCUT2D eigenvalue weighted by atomic mass is 16.1. The van der Waals surface area contributed by atoms with Gasteiger partial charge in [-0.15, -0.1) is 0 Å². The fourth-order valence-electron chi connectivity index (χ4n) is 2.69. The third-order valence-corrected chi connectivity index (χ3v) is 4.00. The Morgan fingerprint density at radius 1 is 1.33 bits per heavy atom. The molecule has 0 saturated carbocycles. The zero-order valence-corrected chi connectivity index (χ0v) is 11.7. The number of carbonyl (C=O) groups excluding carboxylic acids is 1. The number of nitrogens with zero attached hydrogens (tertiary/aromatic N) is 1. The summed E-state index contributed by atoms with van der Waals surface area (Å²) in [6, 6.07) is 6.62. The summed E-state index contributed by atoms with van der Waals surface area (Å²) >= 11 is 0. The number of aryl methyl sites for hydroxylation is 2. The molecular formula is C16H23NO. The molecule has 1 aliphatic rings. The molecule has 0 amide bonds. The second kappa shape index (κ2) is 5.66. The summed E-state index contributed by atoms with van der Waals surface area (Å²) in [6.45, 7) is 9.26. The summed E-state index contributed by atoms with van der Waals surface area (Å²) in [5, 5.41) is 0. The van der Waals surface area contributed by atoms with E-state index in [0.29, 0.717) is 5.78 Å². The van der Waals surface area contributed by atoms with E-state index in [1.54, 1.807) is 0 Å². The monoisotopic (exact) mass is 245 g/mol. The van der Waals surface area contributed by atoms with Crippen LogP contribution in [0.2, 0.25) is 0 Å². The Morgan fingerprint density at radius 2 is 2.11 bits per heavy atom. The highest BCUT2D eigenvalue weighted by molar-refractivity contribution is 5.82. The first-order valence-electron chi connectivity index (χ1n) is 6.91. The molecule has 1 saturated heterocycles. The topological polar surface area (TPSA) is 20.3 Å². The molecule has 1 atom stereocenters. The van der Waals surface area contributed by atoms with Crippen LogP contribution in [-0.4, -0.2) is 23.8 Å². The van der Waals surface area contributed by atoms with Gasteiger partial charge in [0.15, 0.2) is 0 Å². The van der Waals surface area contributed by atoms with E-state index < -0.39 is 0 Å². The van der Waals surface area contributed by atoms with E-state index in [0.717, 1.165) is 32.5 Å². The molecule has 1 aliphatic heterocycles. The maximum atomic E-state index is 11.7. The Hall–Kier alpha value is -1.15. The summed E-state index contributed by atoms with van der Waals surface area (Å²) in [5.41, 5.74) is 4.07. The molecule has 1 unspecified atom stereocenters. The first-order chi connectivity index (χ1) is 8.60. The number of hydrogen-bond acceptors (Lipinski definition) is 2. The third-order valence-electron chi connectivity index (χ3n) is 4.00. The van der Waals surface area contributed by atoms with Crippen LogP contribution in [0, 0.1) is 19.8 Å². The molecule has 0 aliphatic carbocycles. The van der Waals surface area contributed by atoms with Crippen LogP contribution in [-0.2, 0) is 11.3 Å². The normalized spacial score (nSPS) is 21.3. The number of ketones is 1. The smallest absolute Gasteiger partial charge is 0.138 e. The van der Waals surface area contributed by atoms with E-state index in [2.05, 4.69) is 43.9 Å². The summed E-state index contributed by atoms with van der Waals surface area (Å²) in [6.07, 6.45) is 1.70. The van der Waals surface area contributed by atoms with Gasteiger partial charge in [-0.25, -0.2) is 0 Å². The first kappa shape index (κ1) is 13.3. The molecule has 2 heteroatoms. The van der Waals surface area contributed by atoms with Crippen molar-refractivity contribution < 1.29 is 4.79 Å². The lowest BCUT2D eigenvalue weighted by atomic mass is 9.93. The molecule has 0 aromatic heterocycles. The molecule has 1 aromatic carbocycles. The van der Waals surface area contributed by atoms with Crippen molar-refractivity contribution in [2.75, 3.05) is 13.1 Å². The lowest BCUT2D eigenvalue weighted by molar-refractivity contribution is -0.126. The van der Waals surface area contributed by atoms with Gasteiger partial charge in [0.2, 0.25) is 0 Å². The van der Waals surface area contributed by atoms with Crippen LogP contribution in [0.5, 0.6) is 0 Å². The number of hydrogen-bond donors (Lipinski definition) is 0. The molecule has 0 radical (unpaired) electrons. The van der Waals surface area contributed by atoms with E-state index >= 15 is 0 Å². The lowest BCUT2D eigenvalue weighted by Crippen LogP contribution is -2.40. The lowest BCUT2D eigenvalue weighted by Gasteiger charge is -2.31. The molecule has 0 spiro atoms. The predicted octanol–water partition coefficient (Wildman–Crippen LogP) is 3.10. The van der Waals surface area contributed by atoms with Crippen molar-refractivity contribution in [1.82, 2.24) is 4.90 Å². The minimum absolute atomic E-state index is 0.254. The maximum absolute atomic E-state index is 11.7. The Kier molecular flexibility index (Phi) is 4.18. The summed E-state index contributed by atoms with van der Waals surface area (Å²) in [5.74, 6) is 0.707. The predicted molar refractivity (Wildman–Crippen MR) is 74.6 cm³/mol. The fraction of sp³-hybridized carbons (Fsp3) is 0.562. The highest BCUT2D eigenvalue weighted by Gasteiger charge is 2.25. The van der Waals surface area contributed by atoms with Gasteiger partial charge in [0.25, 0.3) is 0 Å². The Labute approximate surface area is 110 Å². The number of carbonyl (C=O) groups is 1. The number of piperidine rings is 1. The third kappa shape index (κ3) is 2.99. The summed E-state index contributed by atoms with van der Waals surface area (Å²) in [7, 11) is 0. The van der Waals surface area contributed by atoms with Gasteiger partial charge in [-0.05, 0) is 31.4 Å². The van der Waals surface area contributed by atoms with Gasteiger partial charge in [0.05, 0.1) is 0 Å². The standard InChI is InChI=1S/C16H23NO/c1-4-14-10-17(8-7-16(14)18)11-15-9-12(2)5-6-13(15)3/h5-6,9,14H,4,7-8,10-11H2,1-3H3. The van der Waals surface area contributed by atoms with Crippen molar-refractivity contribution in [3.63, 3.8) is 0 Å². The molecule has 0 bridgehead atoms.